The van der Waals surface area contributed by atoms with Gasteiger partial charge in [-0.1, -0.05) is 0 Å². The number of carboxylic acid groups (broad SMARTS) is 1. The summed E-state index contributed by atoms with van der Waals surface area (Å²) in [5, 5.41) is 17.2. The summed E-state index contributed by atoms with van der Waals surface area (Å²) in [6.07, 6.45) is 1.40. The number of pyridine rings is 1. The molecule has 94 valence electrons. The lowest BCUT2D eigenvalue weighted by molar-refractivity contribution is 0.0693. The van der Waals surface area contributed by atoms with Gasteiger partial charge < -0.3 is 10.0 Å². The van der Waals surface area contributed by atoms with Gasteiger partial charge in [0.15, 0.2) is 0 Å². The molecule has 6 nitrogen and oxygen atoms in total. The van der Waals surface area contributed by atoms with Gasteiger partial charge in [0.25, 0.3) is 5.91 Å². The molecule has 0 aliphatic carbocycles. The van der Waals surface area contributed by atoms with Crippen molar-refractivity contribution in [3.05, 3.63) is 29.6 Å². The quantitative estimate of drug-likeness (QED) is 0.842. The molecule has 1 rings (SSSR count). The van der Waals surface area contributed by atoms with Gasteiger partial charge in [0, 0.05) is 19.3 Å². The maximum absolute atomic E-state index is 12.0. The number of nitriles is 1. The highest BCUT2D eigenvalue weighted by atomic mass is 16.4. The van der Waals surface area contributed by atoms with E-state index in [9.17, 15) is 9.59 Å². The summed E-state index contributed by atoms with van der Waals surface area (Å²) >= 11 is 0. The maximum Gasteiger partial charge on any atom is 0.337 e. The Kier molecular flexibility index (Phi) is 4.81. The molecule has 0 aromatic carbocycles. The van der Waals surface area contributed by atoms with Crippen LogP contribution in [-0.4, -0.2) is 40.0 Å². The van der Waals surface area contributed by atoms with Crippen molar-refractivity contribution in [1.82, 2.24) is 9.88 Å². The van der Waals surface area contributed by atoms with Crippen molar-refractivity contribution in [2.45, 2.75) is 13.3 Å². The number of carbonyl (C=O) groups excluding carboxylic acids is 1. The minimum Gasteiger partial charge on any atom is -0.478 e. The molecular weight excluding hydrogens is 234 g/mol. The zero-order chi connectivity index (χ0) is 13.5. The van der Waals surface area contributed by atoms with Gasteiger partial charge in [0.1, 0.15) is 5.69 Å². The molecule has 0 spiro atoms. The first-order chi connectivity index (χ1) is 8.60. The number of aromatic nitrogens is 1. The van der Waals surface area contributed by atoms with E-state index < -0.39 is 5.97 Å². The van der Waals surface area contributed by atoms with Gasteiger partial charge in [-0.05, 0) is 19.1 Å². The van der Waals surface area contributed by atoms with Crippen LogP contribution < -0.4 is 0 Å². The van der Waals surface area contributed by atoms with Crippen LogP contribution in [0, 0.1) is 11.3 Å². The normalized spacial score (nSPS) is 9.56. The fraction of sp³-hybridized carbons (Fsp3) is 0.333. The molecule has 0 unspecified atom stereocenters. The monoisotopic (exact) mass is 247 g/mol. The van der Waals surface area contributed by atoms with Gasteiger partial charge in [-0.3, -0.25) is 9.78 Å². The standard InChI is InChI=1S/C12H13N3O3/c1-2-15(7-3-6-13)11(16)10-5-4-9(8-14-10)12(17)18/h4-5,8H,2-3,7H2,1H3,(H,17,18). The maximum atomic E-state index is 12.0. The molecule has 6 heteroatoms. The minimum atomic E-state index is -1.08. The molecule has 0 aliphatic rings. The SMILES string of the molecule is CCN(CCC#N)C(=O)c1ccc(C(=O)O)cn1. The van der Waals surface area contributed by atoms with E-state index in [1.807, 2.05) is 6.07 Å². The first-order valence-electron chi connectivity index (χ1n) is 5.45. The smallest absolute Gasteiger partial charge is 0.337 e. The summed E-state index contributed by atoms with van der Waals surface area (Å²) in [7, 11) is 0. The van der Waals surface area contributed by atoms with Crippen molar-refractivity contribution < 1.29 is 14.7 Å². The van der Waals surface area contributed by atoms with Gasteiger partial charge in [0.05, 0.1) is 18.1 Å². The topological polar surface area (TPSA) is 94.3 Å². The van der Waals surface area contributed by atoms with Crippen molar-refractivity contribution in [1.29, 1.82) is 5.26 Å². The lowest BCUT2D eigenvalue weighted by Crippen LogP contribution is -2.32. The second-order valence-electron chi connectivity index (χ2n) is 3.53. The van der Waals surface area contributed by atoms with Gasteiger partial charge in [0.2, 0.25) is 0 Å². The van der Waals surface area contributed by atoms with Crippen molar-refractivity contribution in [3.63, 3.8) is 0 Å². The van der Waals surface area contributed by atoms with E-state index in [0.29, 0.717) is 13.1 Å². The first kappa shape index (κ1) is 13.6. The fourth-order valence-electron chi connectivity index (χ4n) is 1.40. The van der Waals surface area contributed by atoms with E-state index >= 15 is 0 Å². The number of hydrogen-bond donors (Lipinski definition) is 1. The third-order valence-electron chi connectivity index (χ3n) is 2.39. The van der Waals surface area contributed by atoms with Crippen LogP contribution in [-0.2, 0) is 0 Å². The van der Waals surface area contributed by atoms with Crippen LogP contribution in [0.2, 0.25) is 0 Å². The fourth-order valence-corrected chi connectivity index (χ4v) is 1.40. The summed E-state index contributed by atoms with van der Waals surface area (Å²) < 4.78 is 0. The lowest BCUT2D eigenvalue weighted by Gasteiger charge is -2.18. The van der Waals surface area contributed by atoms with Crippen LogP contribution in [0.1, 0.15) is 34.2 Å². The van der Waals surface area contributed by atoms with E-state index in [2.05, 4.69) is 4.98 Å². The molecule has 0 atom stereocenters. The van der Waals surface area contributed by atoms with Crippen molar-refractivity contribution in [3.8, 4) is 6.07 Å². The van der Waals surface area contributed by atoms with E-state index in [1.54, 1.807) is 6.92 Å². The van der Waals surface area contributed by atoms with E-state index in [-0.39, 0.29) is 23.6 Å². The van der Waals surface area contributed by atoms with Gasteiger partial charge in [-0.25, -0.2) is 4.79 Å². The highest BCUT2D eigenvalue weighted by Crippen LogP contribution is 2.05. The van der Waals surface area contributed by atoms with Crippen LogP contribution >= 0.6 is 0 Å². The summed E-state index contributed by atoms with van der Waals surface area (Å²) in [5.74, 6) is -1.39. The van der Waals surface area contributed by atoms with Crippen molar-refractivity contribution in [2.24, 2.45) is 0 Å². The summed E-state index contributed by atoms with van der Waals surface area (Å²) in [6, 6.07) is 4.68. The number of aromatic carboxylic acids is 1. The molecule has 0 aliphatic heterocycles. The number of amides is 1. The summed E-state index contributed by atoms with van der Waals surface area (Å²) in [4.78, 5) is 27.9. The van der Waals surface area contributed by atoms with Crippen LogP contribution in [0.3, 0.4) is 0 Å². The zero-order valence-corrected chi connectivity index (χ0v) is 9.96. The summed E-state index contributed by atoms with van der Waals surface area (Å²) in [5.41, 5.74) is 0.214. The molecule has 1 aromatic rings. The van der Waals surface area contributed by atoms with Crippen LogP contribution in [0.4, 0.5) is 0 Å². The largest absolute Gasteiger partial charge is 0.478 e. The first-order valence-corrected chi connectivity index (χ1v) is 5.45. The molecule has 1 N–H and O–H groups in total. The summed E-state index contributed by atoms with van der Waals surface area (Å²) in [6.45, 7) is 2.62. The van der Waals surface area contributed by atoms with Crippen LogP contribution in [0.25, 0.3) is 0 Å². The average molecular weight is 247 g/mol. The Morgan fingerprint density at radius 2 is 2.22 bits per heavy atom. The van der Waals surface area contributed by atoms with Crippen LogP contribution in [0.5, 0.6) is 0 Å². The van der Waals surface area contributed by atoms with Crippen molar-refractivity contribution >= 4 is 11.9 Å². The molecule has 0 saturated carbocycles. The third-order valence-corrected chi connectivity index (χ3v) is 2.39. The predicted octanol–water partition coefficient (Wildman–Crippen LogP) is 1.16. The number of carboxylic acids is 1. The highest BCUT2D eigenvalue weighted by molar-refractivity contribution is 5.93. The van der Waals surface area contributed by atoms with E-state index in [0.717, 1.165) is 6.20 Å². The highest BCUT2D eigenvalue weighted by Gasteiger charge is 2.15. The molecular formula is C12H13N3O3. The Labute approximate surface area is 104 Å². The minimum absolute atomic E-state index is 0.0339. The Balaban J connectivity index is 2.82. The number of hydrogen-bond acceptors (Lipinski definition) is 4. The second kappa shape index (κ2) is 6.35. The van der Waals surface area contributed by atoms with Gasteiger partial charge in [-0.2, -0.15) is 5.26 Å². The Morgan fingerprint density at radius 3 is 2.67 bits per heavy atom. The molecule has 1 aromatic heterocycles. The van der Waals surface area contributed by atoms with Gasteiger partial charge in [-0.15, -0.1) is 0 Å². The Morgan fingerprint density at radius 1 is 1.50 bits per heavy atom. The van der Waals surface area contributed by atoms with Gasteiger partial charge >= 0.3 is 5.97 Å². The Hall–Kier alpha value is -2.42. The molecule has 0 radical (unpaired) electrons. The van der Waals surface area contributed by atoms with Crippen LogP contribution in [0.15, 0.2) is 18.3 Å². The second-order valence-corrected chi connectivity index (χ2v) is 3.53. The zero-order valence-electron chi connectivity index (χ0n) is 9.96. The number of carbonyl (C=O) groups is 2. The molecule has 0 fully saturated rings. The average Bonchev–Trinajstić information content (AvgIpc) is 2.39. The third kappa shape index (κ3) is 3.28. The Bertz CT molecular complexity index is 476. The molecule has 1 amide bonds. The number of nitrogens with zero attached hydrogens (tertiary/aromatic N) is 3. The predicted molar refractivity (Wildman–Crippen MR) is 63.0 cm³/mol. The molecule has 0 bridgehead atoms. The van der Waals surface area contributed by atoms with E-state index in [1.165, 1.54) is 17.0 Å². The molecule has 0 saturated heterocycles. The number of rotatable bonds is 5. The van der Waals surface area contributed by atoms with Crippen molar-refractivity contribution in [2.75, 3.05) is 13.1 Å². The molecule has 18 heavy (non-hydrogen) atoms. The lowest BCUT2D eigenvalue weighted by atomic mass is 10.2. The molecule has 1 heterocycles. The van der Waals surface area contributed by atoms with E-state index in [4.69, 9.17) is 10.4 Å².